The molecule has 0 radical (unpaired) electrons. The van der Waals surface area contributed by atoms with Crippen molar-refractivity contribution in [3.8, 4) is 11.8 Å². The van der Waals surface area contributed by atoms with Gasteiger partial charge in [0, 0.05) is 5.69 Å². The molecule has 4 nitrogen and oxygen atoms in total. The molecule has 2 aromatic carbocycles. The zero-order valence-electron chi connectivity index (χ0n) is 12.1. The lowest BCUT2D eigenvalue weighted by atomic mass is 10.1. The van der Waals surface area contributed by atoms with Crippen molar-refractivity contribution in [2.75, 3.05) is 5.32 Å². The van der Waals surface area contributed by atoms with Crippen molar-refractivity contribution in [2.24, 2.45) is 0 Å². The normalized spacial score (nSPS) is 11.7. The minimum atomic E-state index is -4.53. The van der Waals surface area contributed by atoms with Crippen LogP contribution in [0.3, 0.4) is 0 Å². The van der Waals surface area contributed by atoms with E-state index in [1.165, 1.54) is 36.4 Å². The van der Waals surface area contributed by atoms with Crippen LogP contribution in [0, 0.1) is 11.3 Å². The third-order valence-electron chi connectivity index (χ3n) is 3.02. The van der Waals surface area contributed by atoms with E-state index in [1.807, 2.05) is 0 Å². The number of halogens is 3. The highest BCUT2D eigenvalue weighted by molar-refractivity contribution is 6.09. The molecule has 0 saturated heterocycles. The lowest BCUT2D eigenvalue weighted by Crippen LogP contribution is -2.14. The van der Waals surface area contributed by atoms with Gasteiger partial charge in [0.05, 0.1) is 5.56 Å². The van der Waals surface area contributed by atoms with Crippen LogP contribution in [0.1, 0.15) is 11.1 Å². The topological polar surface area (TPSA) is 73.1 Å². The predicted octanol–water partition coefficient (Wildman–Crippen LogP) is 3.96. The number of phenols is 1. The summed E-state index contributed by atoms with van der Waals surface area (Å²) in [6.07, 6.45) is -3.26. The number of hydrogen-bond acceptors (Lipinski definition) is 3. The molecule has 0 saturated carbocycles. The molecule has 7 heteroatoms. The Morgan fingerprint density at radius 2 is 1.83 bits per heavy atom. The van der Waals surface area contributed by atoms with Crippen LogP contribution in [0.15, 0.2) is 54.1 Å². The minimum Gasteiger partial charge on any atom is -0.508 e. The Labute approximate surface area is 135 Å². The Balaban J connectivity index is 2.21. The fourth-order valence-corrected chi connectivity index (χ4v) is 1.86. The first-order valence-electron chi connectivity index (χ1n) is 6.69. The number of carbonyl (C=O) groups is 1. The van der Waals surface area contributed by atoms with E-state index in [0.717, 1.165) is 18.2 Å². The van der Waals surface area contributed by atoms with E-state index >= 15 is 0 Å². The van der Waals surface area contributed by atoms with Crippen LogP contribution in [0.5, 0.6) is 5.75 Å². The van der Waals surface area contributed by atoms with Gasteiger partial charge in [-0.2, -0.15) is 18.4 Å². The Hall–Kier alpha value is -3.27. The second-order valence-electron chi connectivity index (χ2n) is 4.79. The van der Waals surface area contributed by atoms with Crippen LogP contribution in [0.2, 0.25) is 0 Å². The van der Waals surface area contributed by atoms with E-state index < -0.39 is 17.6 Å². The van der Waals surface area contributed by atoms with Gasteiger partial charge in [0.25, 0.3) is 5.91 Å². The summed E-state index contributed by atoms with van der Waals surface area (Å²) in [6.45, 7) is 0. The Morgan fingerprint density at radius 3 is 2.42 bits per heavy atom. The van der Waals surface area contributed by atoms with Crippen LogP contribution in [0.4, 0.5) is 18.9 Å². The fourth-order valence-electron chi connectivity index (χ4n) is 1.86. The zero-order chi connectivity index (χ0) is 17.7. The van der Waals surface area contributed by atoms with Crippen LogP contribution >= 0.6 is 0 Å². The first-order valence-corrected chi connectivity index (χ1v) is 6.69. The number of aromatic hydroxyl groups is 1. The number of rotatable bonds is 3. The number of carbonyl (C=O) groups excluding carboxylic acids is 1. The van der Waals surface area contributed by atoms with Crippen LogP contribution in [0.25, 0.3) is 6.08 Å². The van der Waals surface area contributed by atoms with Crippen molar-refractivity contribution in [1.29, 1.82) is 5.26 Å². The van der Waals surface area contributed by atoms with Gasteiger partial charge in [-0.1, -0.05) is 18.2 Å². The molecule has 0 bridgehead atoms. The average molecular weight is 332 g/mol. The molecule has 1 amide bonds. The molecule has 2 N–H and O–H groups in total. The smallest absolute Gasteiger partial charge is 0.416 e. The number of nitrogens with zero attached hydrogens (tertiary/aromatic N) is 1. The van der Waals surface area contributed by atoms with Crippen LogP contribution < -0.4 is 5.32 Å². The summed E-state index contributed by atoms with van der Waals surface area (Å²) in [4.78, 5) is 12.0. The van der Waals surface area contributed by atoms with Crippen molar-refractivity contribution in [1.82, 2.24) is 0 Å². The van der Waals surface area contributed by atoms with Gasteiger partial charge < -0.3 is 10.4 Å². The van der Waals surface area contributed by atoms with Crippen molar-refractivity contribution in [3.63, 3.8) is 0 Å². The highest BCUT2D eigenvalue weighted by Gasteiger charge is 2.30. The van der Waals surface area contributed by atoms with Crippen molar-refractivity contribution in [2.45, 2.75) is 6.18 Å². The second-order valence-corrected chi connectivity index (χ2v) is 4.79. The molecule has 2 rings (SSSR count). The molecule has 0 heterocycles. The number of alkyl halides is 3. The van der Waals surface area contributed by atoms with E-state index in [1.54, 1.807) is 6.07 Å². The Bertz CT molecular complexity index is 819. The van der Waals surface area contributed by atoms with Gasteiger partial charge in [-0.3, -0.25) is 4.79 Å². The number of benzene rings is 2. The first kappa shape index (κ1) is 17.1. The number of amides is 1. The summed E-state index contributed by atoms with van der Waals surface area (Å²) in [5.41, 5.74) is -0.760. The summed E-state index contributed by atoms with van der Waals surface area (Å²) in [5.74, 6) is -0.802. The Morgan fingerprint density at radius 1 is 1.17 bits per heavy atom. The van der Waals surface area contributed by atoms with E-state index in [2.05, 4.69) is 5.32 Å². The molecule has 24 heavy (non-hydrogen) atoms. The van der Waals surface area contributed by atoms with E-state index in [-0.39, 0.29) is 17.0 Å². The maximum Gasteiger partial charge on any atom is 0.416 e. The molecule has 2 aromatic rings. The van der Waals surface area contributed by atoms with Crippen molar-refractivity contribution >= 4 is 17.7 Å². The largest absolute Gasteiger partial charge is 0.508 e. The number of hydrogen-bond donors (Lipinski definition) is 2. The molecule has 0 atom stereocenters. The third-order valence-corrected chi connectivity index (χ3v) is 3.02. The van der Waals surface area contributed by atoms with Crippen LogP contribution in [-0.4, -0.2) is 11.0 Å². The molecular weight excluding hydrogens is 321 g/mol. The van der Waals surface area contributed by atoms with Gasteiger partial charge in [-0.05, 0) is 42.0 Å². The van der Waals surface area contributed by atoms with E-state index in [4.69, 9.17) is 5.26 Å². The van der Waals surface area contributed by atoms with Gasteiger partial charge >= 0.3 is 6.18 Å². The summed E-state index contributed by atoms with van der Waals surface area (Å²) in [6, 6.07) is 11.6. The van der Waals surface area contributed by atoms with Crippen molar-refractivity contribution in [3.05, 3.63) is 65.2 Å². The molecular formula is C17H11F3N2O2. The lowest BCUT2D eigenvalue weighted by molar-refractivity contribution is -0.137. The average Bonchev–Trinajstić information content (AvgIpc) is 2.53. The molecule has 0 spiro atoms. The highest BCUT2D eigenvalue weighted by atomic mass is 19.4. The van der Waals surface area contributed by atoms with E-state index in [9.17, 15) is 23.1 Å². The van der Waals surface area contributed by atoms with Gasteiger partial charge in [-0.25, -0.2) is 0 Å². The highest BCUT2D eigenvalue weighted by Crippen LogP contribution is 2.30. The van der Waals surface area contributed by atoms with E-state index in [0.29, 0.717) is 5.56 Å². The van der Waals surface area contributed by atoms with Gasteiger partial charge in [0.1, 0.15) is 17.4 Å². The van der Waals surface area contributed by atoms with Crippen molar-refractivity contribution < 1.29 is 23.1 Å². The maximum absolute atomic E-state index is 12.7. The Kier molecular flexibility index (Phi) is 4.90. The number of anilines is 1. The number of nitriles is 1. The fraction of sp³-hybridized carbons (Fsp3) is 0.0588. The standard InChI is InChI=1S/C17H11F3N2O2/c18-17(19,20)13-2-1-3-14(9-13)22-16(24)12(10-21)8-11-4-6-15(23)7-5-11/h1-9,23H,(H,22,24)/b12-8+. The summed E-state index contributed by atoms with van der Waals surface area (Å²) >= 11 is 0. The monoisotopic (exact) mass is 332 g/mol. The zero-order valence-corrected chi connectivity index (χ0v) is 12.1. The molecule has 0 aliphatic carbocycles. The molecule has 0 aromatic heterocycles. The van der Waals surface area contributed by atoms with Gasteiger partial charge in [0.2, 0.25) is 0 Å². The predicted molar refractivity (Wildman–Crippen MR) is 81.8 cm³/mol. The quantitative estimate of drug-likeness (QED) is 0.660. The number of phenolic OH excluding ortho intramolecular Hbond substituents is 1. The van der Waals surface area contributed by atoms with Gasteiger partial charge in [-0.15, -0.1) is 0 Å². The second kappa shape index (κ2) is 6.87. The minimum absolute atomic E-state index is 0.0269. The molecule has 0 aliphatic rings. The maximum atomic E-state index is 12.7. The third kappa shape index (κ3) is 4.36. The molecule has 122 valence electrons. The summed E-state index contributed by atoms with van der Waals surface area (Å²) in [5, 5.41) is 20.5. The number of nitrogens with one attached hydrogen (secondary N) is 1. The SMILES string of the molecule is N#C/C(=C\c1ccc(O)cc1)C(=O)Nc1cccc(C(F)(F)F)c1. The van der Waals surface area contributed by atoms with Gasteiger partial charge in [0.15, 0.2) is 0 Å². The lowest BCUT2D eigenvalue weighted by Gasteiger charge is -2.09. The summed E-state index contributed by atoms with van der Waals surface area (Å²) in [7, 11) is 0. The van der Waals surface area contributed by atoms with Crippen LogP contribution in [-0.2, 0) is 11.0 Å². The first-order chi connectivity index (χ1) is 11.3. The molecule has 0 aliphatic heterocycles. The molecule has 0 fully saturated rings. The summed E-state index contributed by atoms with van der Waals surface area (Å²) < 4.78 is 38.0. The molecule has 0 unspecified atom stereocenters.